The lowest BCUT2D eigenvalue weighted by atomic mass is 9.99. The van der Waals surface area contributed by atoms with Gasteiger partial charge in [-0.3, -0.25) is 4.79 Å². The number of carbonyl (C=O) groups excluding carboxylic acids is 1. The van der Waals surface area contributed by atoms with E-state index >= 15 is 0 Å². The normalized spacial score (nSPS) is 23.0. The van der Waals surface area contributed by atoms with E-state index in [-0.39, 0.29) is 11.7 Å². The molecule has 1 aromatic carbocycles. The van der Waals surface area contributed by atoms with Gasteiger partial charge in [-0.15, -0.1) is 0 Å². The van der Waals surface area contributed by atoms with E-state index in [2.05, 4.69) is 47.6 Å². The second kappa shape index (κ2) is 7.52. The van der Waals surface area contributed by atoms with Crippen molar-refractivity contribution in [1.82, 2.24) is 4.90 Å². The SMILES string of the molecule is C=C1CC(C(C)=O)CN1c1ccc(CCN2CCC(C)CC2)cc1. The molecule has 2 fully saturated rings. The molecule has 3 nitrogen and oxygen atoms in total. The molecule has 0 N–H and O–H groups in total. The number of rotatable bonds is 5. The standard InChI is InChI=1S/C21H30N2O/c1-16-8-11-22(12-9-16)13-10-19-4-6-21(7-5-19)23-15-20(18(3)24)14-17(23)2/h4-7,16,20H,2,8-15H2,1,3H3. The fourth-order valence-electron chi connectivity index (χ4n) is 3.78. The van der Waals surface area contributed by atoms with Gasteiger partial charge in [-0.25, -0.2) is 0 Å². The van der Waals surface area contributed by atoms with Gasteiger partial charge in [0.15, 0.2) is 0 Å². The number of allylic oxidation sites excluding steroid dienone is 1. The van der Waals surface area contributed by atoms with Crippen LogP contribution < -0.4 is 4.90 Å². The molecule has 2 heterocycles. The Bertz CT molecular complexity index is 584. The minimum Gasteiger partial charge on any atom is -0.345 e. The number of benzene rings is 1. The molecule has 130 valence electrons. The molecule has 0 radical (unpaired) electrons. The van der Waals surface area contributed by atoms with E-state index in [1.54, 1.807) is 6.92 Å². The largest absolute Gasteiger partial charge is 0.345 e. The molecule has 0 aliphatic carbocycles. The molecule has 0 saturated carbocycles. The van der Waals surface area contributed by atoms with Gasteiger partial charge in [0.2, 0.25) is 0 Å². The number of nitrogens with zero attached hydrogens (tertiary/aromatic N) is 2. The van der Waals surface area contributed by atoms with Crippen LogP contribution in [-0.2, 0) is 11.2 Å². The zero-order valence-corrected chi connectivity index (χ0v) is 15.1. The number of hydrogen-bond donors (Lipinski definition) is 0. The van der Waals surface area contributed by atoms with Crippen LogP contribution in [0.5, 0.6) is 0 Å². The Morgan fingerprint density at radius 3 is 2.46 bits per heavy atom. The number of piperidine rings is 1. The molecular formula is C21H30N2O. The van der Waals surface area contributed by atoms with Gasteiger partial charge < -0.3 is 9.80 Å². The molecule has 2 aliphatic rings. The van der Waals surface area contributed by atoms with E-state index in [0.29, 0.717) is 0 Å². The van der Waals surface area contributed by atoms with Crippen molar-refractivity contribution in [2.45, 2.75) is 39.5 Å². The Hall–Kier alpha value is -1.61. The van der Waals surface area contributed by atoms with E-state index < -0.39 is 0 Å². The maximum absolute atomic E-state index is 11.6. The Labute approximate surface area is 146 Å². The molecule has 1 aromatic rings. The van der Waals surface area contributed by atoms with Gasteiger partial charge in [0.1, 0.15) is 5.78 Å². The van der Waals surface area contributed by atoms with Crippen LogP contribution >= 0.6 is 0 Å². The van der Waals surface area contributed by atoms with Crippen LogP contribution in [0.3, 0.4) is 0 Å². The van der Waals surface area contributed by atoms with Crippen molar-refractivity contribution in [2.75, 3.05) is 31.1 Å². The molecular weight excluding hydrogens is 296 g/mol. The summed E-state index contributed by atoms with van der Waals surface area (Å²) in [6, 6.07) is 8.83. The molecule has 0 spiro atoms. The van der Waals surface area contributed by atoms with Gasteiger partial charge in [0.25, 0.3) is 0 Å². The number of carbonyl (C=O) groups is 1. The lowest BCUT2D eigenvalue weighted by Gasteiger charge is -2.30. The summed E-state index contributed by atoms with van der Waals surface area (Å²) in [5.74, 6) is 1.28. The number of anilines is 1. The summed E-state index contributed by atoms with van der Waals surface area (Å²) >= 11 is 0. The molecule has 3 rings (SSSR count). The van der Waals surface area contributed by atoms with E-state index in [1.165, 1.54) is 37.2 Å². The molecule has 1 atom stereocenters. The number of hydrogen-bond acceptors (Lipinski definition) is 3. The fourth-order valence-corrected chi connectivity index (χ4v) is 3.78. The average Bonchev–Trinajstić information content (AvgIpc) is 2.97. The lowest BCUT2D eigenvalue weighted by molar-refractivity contribution is -0.120. The lowest BCUT2D eigenvalue weighted by Crippen LogP contribution is -2.34. The maximum Gasteiger partial charge on any atom is 0.135 e. The molecule has 24 heavy (non-hydrogen) atoms. The van der Waals surface area contributed by atoms with Gasteiger partial charge >= 0.3 is 0 Å². The van der Waals surface area contributed by atoms with Crippen LogP contribution in [-0.4, -0.2) is 36.9 Å². The third-order valence-corrected chi connectivity index (χ3v) is 5.68. The van der Waals surface area contributed by atoms with Crippen LogP contribution in [0.4, 0.5) is 5.69 Å². The first-order valence-corrected chi connectivity index (χ1v) is 9.30. The summed E-state index contributed by atoms with van der Waals surface area (Å²) in [5, 5.41) is 0. The monoisotopic (exact) mass is 326 g/mol. The smallest absolute Gasteiger partial charge is 0.135 e. The van der Waals surface area contributed by atoms with Crippen molar-refractivity contribution < 1.29 is 4.79 Å². The minimum absolute atomic E-state index is 0.110. The zero-order chi connectivity index (χ0) is 17.1. The summed E-state index contributed by atoms with van der Waals surface area (Å²) in [5.41, 5.74) is 3.62. The molecule has 2 saturated heterocycles. The van der Waals surface area contributed by atoms with E-state index in [4.69, 9.17) is 0 Å². The van der Waals surface area contributed by atoms with Crippen LogP contribution in [0, 0.1) is 11.8 Å². The highest BCUT2D eigenvalue weighted by atomic mass is 16.1. The van der Waals surface area contributed by atoms with Crippen LogP contribution in [0.25, 0.3) is 0 Å². The summed E-state index contributed by atoms with van der Waals surface area (Å²) < 4.78 is 0. The van der Waals surface area contributed by atoms with Crippen molar-refractivity contribution in [3.8, 4) is 0 Å². The van der Waals surface area contributed by atoms with Crippen LogP contribution in [0.2, 0.25) is 0 Å². The highest BCUT2D eigenvalue weighted by Gasteiger charge is 2.29. The van der Waals surface area contributed by atoms with Gasteiger partial charge in [0.05, 0.1) is 0 Å². The van der Waals surface area contributed by atoms with Gasteiger partial charge in [0, 0.05) is 30.4 Å². The summed E-state index contributed by atoms with van der Waals surface area (Å²) in [4.78, 5) is 16.4. The van der Waals surface area contributed by atoms with Crippen molar-refractivity contribution in [3.05, 3.63) is 42.1 Å². The van der Waals surface area contributed by atoms with Crippen molar-refractivity contribution in [3.63, 3.8) is 0 Å². The third-order valence-electron chi connectivity index (χ3n) is 5.68. The maximum atomic E-state index is 11.6. The molecule has 1 unspecified atom stereocenters. The molecule has 0 amide bonds. The fraction of sp³-hybridized carbons (Fsp3) is 0.571. The quantitative estimate of drug-likeness (QED) is 0.820. The Morgan fingerprint density at radius 2 is 1.88 bits per heavy atom. The first-order chi connectivity index (χ1) is 11.5. The Morgan fingerprint density at radius 1 is 1.21 bits per heavy atom. The third kappa shape index (κ3) is 4.07. The van der Waals surface area contributed by atoms with Gasteiger partial charge in [-0.05, 0) is 69.3 Å². The Balaban J connectivity index is 1.54. The summed E-state index contributed by atoms with van der Waals surface area (Å²) in [6.07, 6.45) is 4.59. The van der Waals surface area contributed by atoms with Crippen molar-refractivity contribution in [2.24, 2.45) is 11.8 Å². The van der Waals surface area contributed by atoms with Crippen molar-refractivity contribution >= 4 is 11.5 Å². The van der Waals surface area contributed by atoms with E-state index in [9.17, 15) is 4.79 Å². The predicted molar refractivity (Wildman–Crippen MR) is 100 cm³/mol. The summed E-state index contributed by atoms with van der Waals surface area (Å²) in [6.45, 7) is 12.6. The highest BCUT2D eigenvalue weighted by Crippen LogP contribution is 2.31. The highest BCUT2D eigenvalue weighted by molar-refractivity contribution is 5.80. The molecule has 0 aromatic heterocycles. The summed E-state index contributed by atoms with van der Waals surface area (Å²) in [7, 11) is 0. The average molecular weight is 326 g/mol. The van der Waals surface area contributed by atoms with E-state index in [0.717, 1.165) is 37.5 Å². The first-order valence-electron chi connectivity index (χ1n) is 9.30. The number of likely N-dealkylation sites (tertiary alicyclic amines) is 1. The molecule has 0 bridgehead atoms. The molecule has 2 aliphatic heterocycles. The van der Waals surface area contributed by atoms with Gasteiger partial charge in [-0.2, -0.15) is 0 Å². The Kier molecular flexibility index (Phi) is 5.40. The topological polar surface area (TPSA) is 23.6 Å². The molecule has 3 heteroatoms. The number of ketones is 1. The van der Waals surface area contributed by atoms with E-state index in [1.807, 2.05) is 0 Å². The van der Waals surface area contributed by atoms with Gasteiger partial charge in [-0.1, -0.05) is 25.6 Å². The zero-order valence-electron chi connectivity index (χ0n) is 15.1. The number of Topliss-reactive ketones (excluding diaryl/α,β-unsaturated/α-hetero) is 1. The second-order valence-corrected chi connectivity index (χ2v) is 7.63. The predicted octanol–water partition coefficient (Wildman–Crippen LogP) is 3.89. The minimum atomic E-state index is 0.110. The van der Waals surface area contributed by atoms with Crippen LogP contribution in [0.1, 0.15) is 38.7 Å². The van der Waals surface area contributed by atoms with Crippen molar-refractivity contribution in [1.29, 1.82) is 0 Å². The van der Waals surface area contributed by atoms with Crippen LogP contribution in [0.15, 0.2) is 36.5 Å². The second-order valence-electron chi connectivity index (χ2n) is 7.63. The first kappa shape index (κ1) is 17.2.